The van der Waals surface area contributed by atoms with E-state index in [9.17, 15) is 0 Å². The van der Waals surface area contributed by atoms with E-state index in [-0.39, 0.29) is 0 Å². The van der Waals surface area contributed by atoms with Gasteiger partial charge in [0.25, 0.3) is 0 Å². The standard InChI is InChI=1S/C27H25N7O/c1-4-23-29-25-16(2)11-12-28-27(25)34(23)14-18-9-10-21-22(13-18)35-15-19-7-5-6-8-20(19)24(21)17(3)26-30-32-33-31-26/h5-13H,4,14-15H2,1-3H3,(H,30,31,32,33). The maximum Gasteiger partial charge on any atom is 0.201 e. The molecule has 0 unspecified atom stereocenters. The number of hydrogen-bond acceptors (Lipinski definition) is 6. The van der Waals surface area contributed by atoms with Crippen LogP contribution in [-0.4, -0.2) is 35.2 Å². The molecule has 0 radical (unpaired) electrons. The molecule has 8 heteroatoms. The fourth-order valence-corrected chi connectivity index (χ4v) is 4.82. The van der Waals surface area contributed by atoms with E-state index in [2.05, 4.69) is 74.4 Å². The highest BCUT2D eigenvalue weighted by Crippen LogP contribution is 2.41. The lowest BCUT2D eigenvalue weighted by Gasteiger charge is -2.15. The highest BCUT2D eigenvalue weighted by Gasteiger charge is 2.23. The fourth-order valence-electron chi connectivity index (χ4n) is 4.82. The maximum absolute atomic E-state index is 6.36. The number of aryl methyl sites for hydroxylation is 2. The summed E-state index contributed by atoms with van der Waals surface area (Å²) in [4.78, 5) is 9.50. The fraction of sp³-hybridized carbons (Fsp3) is 0.222. The van der Waals surface area contributed by atoms with E-state index < -0.39 is 0 Å². The summed E-state index contributed by atoms with van der Waals surface area (Å²) in [6.07, 6.45) is 2.69. The summed E-state index contributed by atoms with van der Waals surface area (Å²) in [7, 11) is 0. The number of aromatic nitrogens is 7. The molecule has 35 heavy (non-hydrogen) atoms. The van der Waals surface area contributed by atoms with Gasteiger partial charge in [-0.05, 0) is 59.0 Å². The van der Waals surface area contributed by atoms with Crippen LogP contribution >= 0.6 is 0 Å². The minimum Gasteiger partial charge on any atom is -0.488 e. The molecule has 0 amide bonds. The zero-order valence-electron chi connectivity index (χ0n) is 19.9. The van der Waals surface area contributed by atoms with Crippen LogP contribution < -0.4 is 4.74 Å². The molecule has 174 valence electrons. The lowest BCUT2D eigenvalue weighted by molar-refractivity contribution is 0.307. The second kappa shape index (κ2) is 8.47. The monoisotopic (exact) mass is 463 g/mol. The average molecular weight is 464 g/mol. The van der Waals surface area contributed by atoms with E-state index in [4.69, 9.17) is 9.72 Å². The molecule has 0 fully saturated rings. The van der Waals surface area contributed by atoms with E-state index in [1.807, 2.05) is 31.3 Å². The Hall–Kier alpha value is -4.33. The van der Waals surface area contributed by atoms with Crippen LogP contribution in [0.5, 0.6) is 5.75 Å². The highest BCUT2D eigenvalue weighted by atomic mass is 16.5. The van der Waals surface area contributed by atoms with Gasteiger partial charge < -0.3 is 9.30 Å². The predicted octanol–water partition coefficient (Wildman–Crippen LogP) is 4.73. The first-order valence-corrected chi connectivity index (χ1v) is 11.7. The van der Waals surface area contributed by atoms with Crippen LogP contribution in [0.4, 0.5) is 0 Å². The van der Waals surface area contributed by atoms with Crippen molar-refractivity contribution < 1.29 is 4.74 Å². The lowest BCUT2D eigenvalue weighted by Crippen LogP contribution is -2.06. The maximum atomic E-state index is 6.36. The van der Waals surface area contributed by atoms with Crippen molar-refractivity contribution in [2.45, 2.75) is 40.3 Å². The van der Waals surface area contributed by atoms with Gasteiger partial charge in [0.05, 0.1) is 6.54 Å². The Morgan fingerprint density at radius 2 is 2.00 bits per heavy atom. The molecule has 1 aliphatic rings. The normalized spacial score (nSPS) is 14.3. The van der Waals surface area contributed by atoms with E-state index >= 15 is 0 Å². The van der Waals surface area contributed by atoms with Gasteiger partial charge in [-0.2, -0.15) is 5.21 Å². The quantitative estimate of drug-likeness (QED) is 0.414. The number of hydrogen-bond donors (Lipinski definition) is 1. The third-order valence-electron chi connectivity index (χ3n) is 6.61. The molecule has 1 N–H and O–H groups in total. The van der Waals surface area contributed by atoms with Crippen molar-refractivity contribution in [1.82, 2.24) is 35.2 Å². The Bertz CT molecular complexity index is 1580. The number of pyridine rings is 1. The number of tetrazole rings is 1. The largest absolute Gasteiger partial charge is 0.488 e. The number of fused-ring (bicyclic) bond motifs is 3. The van der Waals surface area contributed by atoms with Crippen LogP contribution in [0.3, 0.4) is 0 Å². The van der Waals surface area contributed by atoms with Crippen LogP contribution in [-0.2, 0) is 19.6 Å². The van der Waals surface area contributed by atoms with Crippen molar-refractivity contribution in [3.63, 3.8) is 0 Å². The summed E-state index contributed by atoms with van der Waals surface area (Å²) in [6.45, 7) is 7.39. The molecule has 0 spiro atoms. The zero-order chi connectivity index (χ0) is 23.9. The Balaban J connectivity index is 1.48. The van der Waals surface area contributed by atoms with Crippen LogP contribution in [0.2, 0.25) is 0 Å². The Labute approximate surface area is 202 Å². The molecule has 6 rings (SSSR count). The molecule has 3 aromatic heterocycles. The van der Waals surface area contributed by atoms with Gasteiger partial charge in [0.1, 0.15) is 23.7 Å². The first-order chi connectivity index (χ1) is 17.1. The van der Waals surface area contributed by atoms with Gasteiger partial charge in [0.2, 0.25) is 5.82 Å². The Morgan fingerprint density at radius 3 is 2.83 bits per heavy atom. The van der Waals surface area contributed by atoms with Gasteiger partial charge in [-0.3, -0.25) is 0 Å². The number of rotatable bonds is 4. The van der Waals surface area contributed by atoms with E-state index in [0.29, 0.717) is 19.0 Å². The van der Waals surface area contributed by atoms with Crippen LogP contribution in [0.1, 0.15) is 53.3 Å². The number of nitrogens with zero attached hydrogens (tertiary/aromatic N) is 6. The Kier molecular flexibility index (Phi) is 5.13. The molecular formula is C27H25N7O. The molecule has 0 saturated heterocycles. The van der Waals surface area contributed by atoms with Gasteiger partial charge in [-0.25, -0.2) is 9.97 Å². The summed E-state index contributed by atoms with van der Waals surface area (Å²) < 4.78 is 8.56. The number of benzene rings is 2. The minimum atomic E-state index is 0.491. The van der Waals surface area contributed by atoms with Gasteiger partial charge >= 0.3 is 0 Å². The summed E-state index contributed by atoms with van der Waals surface area (Å²) in [5.41, 5.74) is 9.40. The van der Waals surface area contributed by atoms with Crippen molar-refractivity contribution in [3.8, 4) is 5.75 Å². The van der Waals surface area contributed by atoms with Gasteiger partial charge in [0, 0.05) is 23.8 Å². The van der Waals surface area contributed by atoms with Gasteiger partial charge in [-0.1, -0.05) is 43.3 Å². The van der Waals surface area contributed by atoms with Crippen molar-refractivity contribution in [1.29, 1.82) is 0 Å². The second-order valence-corrected chi connectivity index (χ2v) is 8.78. The molecule has 4 heterocycles. The summed E-state index contributed by atoms with van der Waals surface area (Å²) in [5, 5.41) is 14.8. The van der Waals surface area contributed by atoms with Crippen molar-refractivity contribution in [2.75, 3.05) is 0 Å². The molecule has 0 atom stereocenters. The molecular weight excluding hydrogens is 438 g/mol. The first kappa shape index (κ1) is 21.2. The van der Waals surface area contributed by atoms with Crippen LogP contribution in [0.25, 0.3) is 22.3 Å². The number of imidazole rings is 1. The molecule has 0 aliphatic carbocycles. The van der Waals surface area contributed by atoms with E-state index in [0.717, 1.165) is 68.1 Å². The van der Waals surface area contributed by atoms with E-state index in [1.54, 1.807) is 0 Å². The summed E-state index contributed by atoms with van der Waals surface area (Å²) in [5.74, 6) is 2.44. The van der Waals surface area contributed by atoms with Crippen molar-refractivity contribution in [2.24, 2.45) is 0 Å². The lowest BCUT2D eigenvalue weighted by atomic mass is 9.90. The number of ether oxygens (including phenoxy) is 1. The third-order valence-corrected chi connectivity index (χ3v) is 6.61. The molecule has 8 nitrogen and oxygen atoms in total. The van der Waals surface area contributed by atoms with E-state index in [1.165, 1.54) is 0 Å². The van der Waals surface area contributed by atoms with Gasteiger partial charge in [0.15, 0.2) is 5.65 Å². The number of allylic oxidation sites excluding steroid dienone is 1. The predicted molar refractivity (Wildman–Crippen MR) is 134 cm³/mol. The topological polar surface area (TPSA) is 94.4 Å². The second-order valence-electron chi connectivity index (χ2n) is 8.78. The highest BCUT2D eigenvalue weighted by molar-refractivity contribution is 5.99. The minimum absolute atomic E-state index is 0.491. The van der Waals surface area contributed by atoms with Crippen molar-refractivity contribution >= 4 is 22.3 Å². The third kappa shape index (κ3) is 3.58. The molecule has 0 bridgehead atoms. The molecule has 1 aliphatic heterocycles. The molecule has 0 saturated carbocycles. The summed E-state index contributed by atoms with van der Waals surface area (Å²) >= 11 is 0. The van der Waals surface area contributed by atoms with Gasteiger partial charge in [-0.15, -0.1) is 10.2 Å². The molecule has 2 aromatic carbocycles. The number of aromatic amines is 1. The van der Waals surface area contributed by atoms with Crippen LogP contribution in [0.15, 0.2) is 54.7 Å². The smallest absolute Gasteiger partial charge is 0.201 e. The first-order valence-electron chi connectivity index (χ1n) is 11.7. The number of H-pyrrole nitrogens is 1. The van der Waals surface area contributed by atoms with Crippen LogP contribution in [0, 0.1) is 6.92 Å². The average Bonchev–Trinajstić information content (AvgIpc) is 3.50. The zero-order valence-corrected chi connectivity index (χ0v) is 19.9. The Morgan fingerprint density at radius 1 is 1.11 bits per heavy atom. The SMILES string of the molecule is CCc1nc2c(C)ccnc2n1Cc1ccc2c(c1)OCc1ccccc1C2=C(C)c1nn[nH]n1. The molecule has 5 aromatic rings. The number of nitrogens with one attached hydrogen (secondary N) is 1. The summed E-state index contributed by atoms with van der Waals surface area (Å²) in [6, 6.07) is 16.7. The van der Waals surface area contributed by atoms with Crippen molar-refractivity contribution in [3.05, 3.63) is 94.2 Å².